The molecule has 1 heterocycles. The number of nitrogens with zero attached hydrogens (tertiary/aromatic N) is 2. The van der Waals surface area contributed by atoms with Crippen molar-refractivity contribution in [1.29, 1.82) is 0 Å². The Bertz CT molecular complexity index is 1290. The number of para-hydroxylation sites is 1. The van der Waals surface area contributed by atoms with Crippen molar-refractivity contribution in [1.82, 2.24) is 15.1 Å². The number of carbonyl (C=O) groups excluding carboxylic acids is 1. The molecule has 0 saturated carbocycles. The second-order valence-corrected chi connectivity index (χ2v) is 8.89. The summed E-state index contributed by atoms with van der Waals surface area (Å²) in [6.45, 7) is -0.355. The Morgan fingerprint density at radius 2 is 1.78 bits per heavy atom. The number of nitrogens with one attached hydrogen (secondary N) is 1. The van der Waals surface area contributed by atoms with Crippen LogP contribution in [0, 0.1) is 0 Å². The number of rotatable bonds is 8. The summed E-state index contributed by atoms with van der Waals surface area (Å²) in [4.78, 5) is 24.5. The predicted molar refractivity (Wildman–Crippen MR) is 117 cm³/mol. The van der Waals surface area contributed by atoms with Crippen LogP contribution in [0.4, 0.5) is 0 Å². The monoisotopic (exact) mass is 477 g/mol. The van der Waals surface area contributed by atoms with Crippen LogP contribution in [0.15, 0.2) is 69.3 Å². The molecule has 0 aliphatic heterocycles. The number of amides is 1. The van der Waals surface area contributed by atoms with Gasteiger partial charge in [-0.15, -0.1) is 0 Å². The number of hydrogen-bond donors (Lipinski definition) is 1. The van der Waals surface area contributed by atoms with Crippen LogP contribution in [0.2, 0.25) is 5.02 Å². The number of methoxy groups -OCH3 is 2. The minimum Gasteiger partial charge on any atom is -0.493 e. The molecule has 0 aliphatic carbocycles. The van der Waals surface area contributed by atoms with Crippen LogP contribution >= 0.6 is 11.6 Å². The van der Waals surface area contributed by atoms with E-state index in [1.54, 1.807) is 18.2 Å². The number of sulfone groups is 1. The summed E-state index contributed by atoms with van der Waals surface area (Å²) < 4.78 is 36.9. The van der Waals surface area contributed by atoms with Gasteiger partial charge >= 0.3 is 0 Å². The lowest BCUT2D eigenvalue weighted by atomic mass is 10.2. The minimum absolute atomic E-state index is 0.0332. The van der Waals surface area contributed by atoms with Gasteiger partial charge in [-0.3, -0.25) is 9.59 Å². The smallest absolute Gasteiger partial charge is 0.267 e. The van der Waals surface area contributed by atoms with Crippen LogP contribution in [0.25, 0.3) is 0 Å². The highest BCUT2D eigenvalue weighted by atomic mass is 35.5. The van der Waals surface area contributed by atoms with Crippen molar-refractivity contribution in [3.05, 3.63) is 75.5 Å². The summed E-state index contributed by atoms with van der Waals surface area (Å²) in [7, 11) is -1.01. The molecule has 0 saturated heterocycles. The van der Waals surface area contributed by atoms with Crippen molar-refractivity contribution in [2.24, 2.45) is 0 Å². The average Bonchev–Trinajstić information content (AvgIpc) is 2.78. The first-order chi connectivity index (χ1) is 15.3. The summed E-state index contributed by atoms with van der Waals surface area (Å²) in [5, 5.41) is 6.56. The third-order valence-electron chi connectivity index (χ3n) is 4.50. The van der Waals surface area contributed by atoms with E-state index in [4.69, 9.17) is 21.1 Å². The molecule has 0 bridgehead atoms. The van der Waals surface area contributed by atoms with E-state index in [0.29, 0.717) is 22.1 Å². The van der Waals surface area contributed by atoms with Gasteiger partial charge in [0, 0.05) is 23.2 Å². The fourth-order valence-corrected chi connectivity index (χ4v) is 4.22. The van der Waals surface area contributed by atoms with Gasteiger partial charge in [0.2, 0.25) is 15.7 Å². The standard InChI is InChI=1S/C21H20ClN3O6S/c1-30-17-5-3-4-14(21(17)31-2)12-23-18(26)13-25-20(27)11-10-19(24-25)32(28,29)16-8-6-15(22)7-9-16/h3-11H,12-13H2,1-2H3,(H,23,26). The van der Waals surface area contributed by atoms with Crippen LogP contribution in [-0.2, 0) is 27.7 Å². The molecule has 0 radical (unpaired) electrons. The van der Waals surface area contributed by atoms with Crippen LogP contribution in [0.3, 0.4) is 0 Å². The Kier molecular flexibility index (Phi) is 7.16. The Morgan fingerprint density at radius 3 is 2.44 bits per heavy atom. The molecule has 32 heavy (non-hydrogen) atoms. The normalized spacial score (nSPS) is 11.1. The SMILES string of the molecule is COc1cccc(CNC(=O)Cn2nc(S(=O)(=O)c3ccc(Cl)cc3)ccc2=O)c1OC. The second kappa shape index (κ2) is 9.84. The Balaban J connectivity index is 1.78. The molecule has 0 fully saturated rings. The van der Waals surface area contributed by atoms with Crippen molar-refractivity contribution < 1.29 is 22.7 Å². The van der Waals surface area contributed by atoms with Gasteiger partial charge in [0.05, 0.1) is 19.1 Å². The maximum absolute atomic E-state index is 12.8. The third-order valence-corrected chi connectivity index (χ3v) is 6.41. The molecule has 3 rings (SSSR count). The van der Waals surface area contributed by atoms with Crippen molar-refractivity contribution in [3.8, 4) is 11.5 Å². The van der Waals surface area contributed by atoms with Crippen molar-refractivity contribution in [3.63, 3.8) is 0 Å². The zero-order valence-corrected chi connectivity index (χ0v) is 18.8. The number of benzene rings is 2. The van der Waals surface area contributed by atoms with Gasteiger partial charge in [0.1, 0.15) is 6.54 Å². The van der Waals surface area contributed by atoms with E-state index in [9.17, 15) is 18.0 Å². The Labute approximate surface area is 189 Å². The maximum atomic E-state index is 12.8. The topological polar surface area (TPSA) is 117 Å². The summed E-state index contributed by atoms with van der Waals surface area (Å²) in [6, 6.07) is 12.9. The molecule has 3 aromatic rings. The lowest BCUT2D eigenvalue weighted by Crippen LogP contribution is -2.33. The molecule has 168 valence electrons. The highest BCUT2D eigenvalue weighted by Gasteiger charge is 2.21. The summed E-state index contributed by atoms with van der Waals surface area (Å²) in [6.07, 6.45) is 0. The summed E-state index contributed by atoms with van der Waals surface area (Å²) in [5.41, 5.74) is 0.0498. The molecule has 0 aliphatic rings. The van der Waals surface area contributed by atoms with E-state index in [2.05, 4.69) is 10.4 Å². The largest absolute Gasteiger partial charge is 0.493 e. The van der Waals surface area contributed by atoms with Gasteiger partial charge in [0.15, 0.2) is 16.5 Å². The number of aromatic nitrogens is 2. The fraction of sp³-hybridized carbons (Fsp3) is 0.190. The molecule has 1 aromatic heterocycles. The molecular weight excluding hydrogens is 458 g/mol. The van der Waals surface area contributed by atoms with E-state index in [1.165, 1.54) is 38.5 Å². The highest BCUT2D eigenvalue weighted by Crippen LogP contribution is 2.30. The lowest BCUT2D eigenvalue weighted by molar-refractivity contribution is -0.122. The predicted octanol–water partition coefficient (Wildman–Crippen LogP) is 2.06. The van der Waals surface area contributed by atoms with Gasteiger partial charge < -0.3 is 14.8 Å². The third kappa shape index (κ3) is 5.09. The van der Waals surface area contributed by atoms with Gasteiger partial charge in [0.25, 0.3) is 5.56 Å². The van der Waals surface area contributed by atoms with Crippen LogP contribution in [-0.4, -0.2) is 38.3 Å². The molecule has 0 spiro atoms. The zero-order chi connectivity index (χ0) is 23.3. The van der Waals surface area contributed by atoms with Crippen molar-refractivity contribution in [2.45, 2.75) is 23.0 Å². The molecular formula is C21H20ClN3O6S. The molecule has 0 atom stereocenters. The van der Waals surface area contributed by atoms with Crippen molar-refractivity contribution in [2.75, 3.05) is 14.2 Å². The molecule has 0 unspecified atom stereocenters. The minimum atomic E-state index is -3.99. The van der Waals surface area contributed by atoms with Crippen LogP contribution < -0.4 is 20.3 Å². The lowest BCUT2D eigenvalue weighted by Gasteiger charge is -2.13. The van der Waals surface area contributed by atoms with Gasteiger partial charge in [-0.2, -0.15) is 5.10 Å². The molecule has 1 amide bonds. The second-order valence-electron chi connectivity index (χ2n) is 6.55. The Morgan fingerprint density at radius 1 is 1.06 bits per heavy atom. The fourth-order valence-electron chi connectivity index (χ4n) is 2.90. The Hall–Kier alpha value is -3.37. The number of carbonyl (C=O) groups is 1. The molecule has 9 nitrogen and oxygen atoms in total. The van der Waals surface area contributed by atoms with E-state index < -0.39 is 27.8 Å². The number of ether oxygens (including phenoxy) is 2. The van der Waals surface area contributed by atoms with E-state index in [-0.39, 0.29) is 16.5 Å². The quantitative estimate of drug-likeness (QED) is 0.527. The first-order valence-corrected chi connectivity index (χ1v) is 11.2. The zero-order valence-electron chi connectivity index (χ0n) is 17.2. The maximum Gasteiger partial charge on any atom is 0.267 e. The first kappa shape index (κ1) is 23.3. The molecule has 2 aromatic carbocycles. The number of halogens is 1. The van der Waals surface area contributed by atoms with Crippen LogP contribution in [0.5, 0.6) is 11.5 Å². The van der Waals surface area contributed by atoms with Crippen molar-refractivity contribution >= 4 is 27.3 Å². The van der Waals surface area contributed by atoms with Crippen LogP contribution in [0.1, 0.15) is 5.56 Å². The average molecular weight is 478 g/mol. The molecule has 1 N–H and O–H groups in total. The van der Waals surface area contributed by atoms with E-state index in [1.807, 2.05) is 0 Å². The van der Waals surface area contributed by atoms with E-state index >= 15 is 0 Å². The van der Waals surface area contributed by atoms with Gasteiger partial charge in [-0.1, -0.05) is 23.7 Å². The summed E-state index contributed by atoms with van der Waals surface area (Å²) in [5.74, 6) is 0.449. The van der Waals surface area contributed by atoms with E-state index in [0.717, 1.165) is 16.8 Å². The molecule has 11 heteroatoms. The van der Waals surface area contributed by atoms with Gasteiger partial charge in [-0.25, -0.2) is 13.1 Å². The highest BCUT2D eigenvalue weighted by molar-refractivity contribution is 7.91. The summed E-state index contributed by atoms with van der Waals surface area (Å²) >= 11 is 5.81. The van der Waals surface area contributed by atoms with Gasteiger partial charge in [-0.05, 0) is 36.4 Å². The first-order valence-electron chi connectivity index (χ1n) is 9.31. The number of hydrogen-bond acceptors (Lipinski definition) is 7.